The van der Waals surface area contributed by atoms with Gasteiger partial charge in [0.2, 0.25) is 6.41 Å². The van der Waals surface area contributed by atoms with Crippen molar-refractivity contribution >= 4 is 12.5 Å². The summed E-state index contributed by atoms with van der Waals surface area (Å²) in [6.07, 6.45) is 0.0928. The zero-order valence-electron chi connectivity index (χ0n) is 10.6. The number of rotatable bonds is 6. The Morgan fingerprint density at radius 2 is 2.00 bits per heavy atom. The van der Waals surface area contributed by atoms with Crippen LogP contribution in [0.15, 0.2) is 30.3 Å². The Kier molecular flexibility index (Phi) is 5.17. The number of carbonyl (C=O) groups excluding carboxylic acids is 2. The number of carbonyl (C=O) groups is 2. The summed E-state index contributed by atoms with van der Waals surface area (Å²) in [5, 5.41) is 5.20. The van der Waals surface area contributed by atoms with Crippen LogP contribution in [0.3, 0.4) is 0 Å². The maximum Gasteiger partial charge on any atom is 0.407 e. The van der Waals surface area contributed by atoms with Gasteiger partial charge in [-0.25, -0.2) is 4.79 Å². The molecule has 1 aromatic carbocycles. The van der Waals surface area contributed by atoms with E-state index < -0.39 is 11.6 Å². The van der Waals surface area contributed by atoms with E-state index in [-0.39, 0.29) is 6.61 Å². The fourth-order valence-corrected chi connectivity index (χ4v) is 1.38. The molecule has 0 bridgehead atoms. The van der Waals surface area contributed by atoms with Gasteiger partial charge in [-0.15, -0.1) is 0 Å². The number of ether oxygens (including phenoxy) is 1. The molecule has 98 valence electrons. The second-order valence-electron chi connectivity index (χ2n) is 4.57. The van der Waals surface area contributed by atoms with Crippen molar-refractivity contribution in [2.75, 3.05) is 6.54 Å². The Balaban J connectivity index is 2.35. The van der Waals surface area contributed by atoms with Gasteiger partial charge in [-0.2, -0.15) is 0 Å². The first kappa shape index (κ1) is 14.0. The normalized spacial score (nSPS) is 10.6. The molecule has 0 radical (unpaired) electrons. The fraction of sp³-hybridized carbons (Fsp3) is 0.385. The number of hydrogen-bond acceptors (Lipinski definition) is 3. The summed E-state index contributed by atoms with van der Waals surface area (Å²) in [7, 11) is 0. The predicted octanol–water partition coefficient (Wildman–Crippen LogP) is 1.44. The van der Waals surface area contributed by atoms with Crippen molar-refractivity contribution in [2.45, 2.75) is 26.0 Å². The molecule has 0 heterocycles. The van der Waals surface area contributed by atoms with Gasteiger partial charge in [0.15, 0.2) is 0 Å². The molecule has 0 fully saturated rings. The first-order valence-corrected chi connectivity index (χ1v) is 5.69. The molecule has 0 spiro atoms. The van der Waals surface area contributed by atoms with Crippen molar-refractivity contribution in [3.8, 4) is 0 Å². The summed E-state index contributed by atoms with van der Waals surface area (Å²) in [6, 6.07) is 9.43. The smallest absolute Gasteiger partial charge is 0.407 e. The van der Waals surface area contributed by atoms with Crippen LogP contribution < -0.4 is 10.6 Å². The highest BCUT2D eigenvalue weighted by atomic mass is 16.5. The van der Waals surface area contributed by atoms with Gasteiger partial charge in [-0.05, 0) is 19.4 Å². The summed E-state index contributed by atoms with van der Waals surface area (Å²) in [5.74, 6) is 0. The Hall–Kier alpha value is -2.04. The molecule has 0 aliphatic rings. The van der Waals surface area contributed by atoms with Gasteiger partial charge in [0.05, 0.1) is 5.54 Å². The lowest BCUT2D eigenvalue weighted by Gasteiger charge is -2.25. The van der Waals surface area contributed by atoms with E-state index in [0.717, 1.165) is 5.56 Å². The Labute approximate surface area is 107 Å². The molecule has 0 aliphatic heterocycles. The molecule has 2 amide bonds. The topological polar surface area (TPSA) is 67.4 Å². The molecule has 1 rings (SSSR count). The molecule has 5 heteroatoms. The molecule has 0 unspecified atom stereocenters. The van der Waals surface area contributed by atoms with E-state index in [1.807, 2.05) is 30.3 Å². The Bertz CT molecular complexity index is 390. The SMILES string of the molecule is CC(C)(CNC=O)NC(=O)OCc1ccccc1. The van der Waals surface area contributed by atoms with Gasteiger partial charge in [0, 0.05) is 6.54 Å². The predicted molar refractivity (Wildman–Crippen MR) is 67.9 cm³/mol. The lowest BCUT2D eigenvalue weighted by molar-refractivity contribution is -0.109. The van der Waals surface area contributed by atoms with Crippen molar-refractivity contribution in [1.82, 2.24) is 10.6 Å². The quantitative estimate of drug-likeness (QED) is 0.751. The molecular formula is C13H18N2O3. The van der Waals surface area contributed by atoms with Gasteiger partial charge in [-0.3, -0.25) is 4.79 Å². The molecule has 5 nitrogen and oxygen atoms in total. The van der Waals surface area contributed by atoms with Crippen molar-refractivity contribution < 1.29 is 14.3 Å². The first-order chi connectivity index (χ1) is 8.53. The average Bonchev–Trinajstić information content (AvgIpc) is 2.35. The van der Waals surface area contributed by atoms with Gasteiger partial charge in [-0.1, -0.05) is 30.3 Å². The van der Waals surface area contributed by atoms with E-state index >= 15 is 0 Å². The van der Waals surface area contributed by atoms with Crippen LogP contribution in [0.2, 0.25) is 0 Å². The van der Waals surface area contributed by atoms with Crippen molar-refractivity contribution in [3.05, 3.63) is 35.9 Å². The lowest BCUT2D eigenvalue weighted by atomic mass is 10.1. The third-order valence-electron chi connectivity index (χ3n) is 2.28. The van der Waals surface area contributed by atoms with E-state index in [0.29, 0.717) is 13.0 Å². The molecule has 0 aromatic heterocycles. The van der Waals surface area contributed by atoms with E-state index in [2.05, 4.69) is 10.6 Å². The molecule has 1 aromatic rings. The summed E-state index contributed by atoms with van der Waals surface area (Å²) in [6.45, 7) is 4.17. The minimum absolute atomic E-state index is 0.226. The molecule has 0 saturated heterocycles. The third-order valence-corrected chi connectivity index (χ3v) is 2.28. The number of amides is 2. The third kappa shape index (κ3) is 5.34. The van der Waals surface area contributed by atoms with Crippen LogP contribution in [-0.4, -0.2) is 24.6 Å². The first-order valence-electron chi connectivity index (χ1n) is 5.69. The van der Waals surface area contributed by atoms with Gasteiger partial charge >= 0.3 is 6.09 Å². The summed E-state index contributed by atoms with van der Waals surface area (Å²) >= 11 is 0. The minimum atomic E-state index is -0.547. The monoisotopic (exact) mass is 250 g/mol. The summed E-state index contributed by atoms with van der Waals surface area (Å²) in [5.41, 5.74) is 0.380. The summed E-state index contributed by atoms with van der Waals surface area (Å²) in [4.78, 5) is 21.7. The summed E-state index contributed by atoms with van der Waals surface area (Å²) < 4.78 is 5.08. The van der Waals surface area contributed by atoms with E-state index in [9.17, 15) is 9.59 Å². The van der Waals surface area contributed by atoms with Crippen LogP contribution in [0.25, 0.3) is 0 Å². The van der Waals surface area contributed by atoms with Crippen LogP contribution >= 0.6 is 0 Å². The van der Waals surface area contributed by atoms with Crippen LogP contribution in [0.4, 0.5) is 4.79 Å². The fourth-order valence-electron chi connectivity index (χ4n) is 1.38. The second kappa shape index (κ2) is 6.64. The number of alkyl carbamates (subject to hydrolysis) is 1. The van der Waals surface area contributed by atoms with Gasteiger partial charge < -0.3 is 15.4 Å². The van der Waals surface area contributed by atoms with Crippen molar-refractivity contribution in [2.24, 2.45) is 0 Å². The number of nitrogens with one attached hydrogen (secondary N) is 2. The molecule has 0 saturated carbocycles. The zero-order valence-corrected chi connectivity index (χ0v) is 10.6. The van der Waals surface area contributed by atoms with Crippen LogP contribution in [0, 0.1) is 0 Å². The molecule has 18 heavy (non-hydrogen) atoms. The molecular weight excluding hydrogens is 232 g/mol. The van der Waals surface area contributed by atoms with E-state index in [1.54, 1.807) is 13.8 Å². The number of benzene rings is 1. The van der Waals surface area contributed by atoms with Crippen LogP contribution in [0.5, 0.6) is 0 Å². The largest absolute Gasteiger partial charge is 0.445 e. The van der Waals surface area contributed by atoms with Crippen LogP contribution in [0.1, 0.15) is 19.4 Å². The minimum Gasteiger partial charge on any atom is -0.445 e. The molecule has 0 aliphatic carbocycles. The van der Waals surface area contributed by atoms with Gasteiger partial charge in [0.25, 0.3) is 0 Å². The van der Waals surface area contributed by atoms with Crippen molar-refractivity contribution in [3.63, 3.8) is 0 Å². The highest BCUT2D eigenvalue weighted by Crippen LogP contribution is 2.03. The second-order valence-corrected chi connectivity index (χ2v) is 4.57. The molecule has 0 atom stereocenters. The zero-order chi connectivity index (χ0) is 13.4. The van der Waals surface area contributed by atoms with Gasteiger partial charge in [0.1, 0.15) is 6.61 Å². The highest BCUT2D eigenvalue weighted by molar-refractivity contribution is 5.68. The highest BCUT2D eigenvalue weighted by Gasteiger charge is 2.20. The lowest BCUT2D eigenvalue weighted by Crippen LogP contribution is -2.50. The van der Waals surface area contributed by atoms with Crippen molar-refractivity contribution in [1.29, 1.82) is 0 Å². The maximum atomic E-state index is 11.5. The Morgan fingerprint density at radius 1 is 1.33 bits per heavy atom. The number of hydrogen-bond donors (Lipinski definition) is 2. The molecule has 2 N–H and O–H groups in total. The van der Waals surface area contributed by atoms with Crippen LogP contribution in [-0.2, 0) is 16.1 Å². The van der Waals surface area contributed by atoms with E-state index in [4.69, 9.17) is 4.74 Å². The maximum absolute atomic E-state index is 11.5. The van der Waals surface area contributed by atoms with E-state index in [1.165, 1.54) is 0 Å². The standard InChI is InChI=1S/C13H18N2O3/c1-13(2,9-14-10-16)15-12(17)18-8-11-6-4-3-5-7-11/h3-7,10H,8-9H2,1-2H3,(H,14,16)(H,15,17). The average molecular weight is 250 g/mol. The Morgan fingerprint density at radius 3 is 2.61 bits per heavy atom.